The SMILES string of the molecule is COc1ccc(-c2cc(CNC(C)c3cccc(OC)c3)ccn2)cc1. The summed E-state index contributed by atoms with van der Waals surface area (Å²) in [6.07, 6.45) is 1.85. The molecular weight excluding hydrogens is 324 g/mol. The van der Waals surface area contributed by atoms with Crippen molar-refractivity contribution >= 4 is 0 Å². The van der Waals surface area contributed by atoms with Gasteiger partial charge in [0.2, 0.25) is 0 Å². The molecule has 0 fully saturated rings. The Hall–Kier alpha value is -2.85. The Morgan fingerprint density at radius 2 is 1.69 bits per heavy atom. The monoisotopic (exact) mass is 348 g/mol. The van der Waals surface area contributed by atoms with Crippen molar-refractivity contribution in [3.05, 3.63) is 78.0 Å². The summed E-state index contributed by atoms with van der Waals surface area (Å²) in [5, 5.41) is 3.56. The highest BCUT2D eigenvalue weighted by Gasteiger charge is 2.07. The fourth-order valence-corrected chi connectivity index (χ4v) is 2.80. The van der Waals surface area contributed by atoms with E-state index in [0.717, 1.165) is 29.3 Å². The molecule has 1 unspecified atom stereocenters. The highest BCUT2D eigenvalue weighted by Crippen LogP contribution is 2.22. The molecule has 1 aromatic heterocycles. The number of hydrogen-bond donors (Lipinski definition) is 1. The van der Waals surface area contributed by atoms with Gasteiger partial charge >= 0.3 is 0 Å². The largest absolute Gasteiger partial charge is 0.497 e. The zero-order valence-corrected chi connectivity index (χ0v) is 15.4. The highest BCUT2D eigenvalue weighted by atomic mass is 16.5. The Morgan fingerprint density at radius 3 is 2.42 bits per heavy atom. The number of aromatic nitrogens is 1. The third-order valence-electron chi connectivity index (χ3n) is 4.42. The van der Waals surface area contributed by atoms with Gasteiger partial charge in [0.25, 0.3) is 0 Å². The summed E-state index contributed by atoms with van der Waals surface area (Å²) in [5.74, 6) is 1.72. The van der Waals surface area contributed by atoms with Crippen LogP contribution in [0.1, 0.15) is 24.1 Å². The summed E-state index contributed by atoms with van der Waals surface area (Å²) in [5.41, 5.74) is 4.43. The lowest BCUT2D eigenvalue weighted by Gasteiger charge is -2.15. The highest BCUT2D eigenvalue weighted by molar-refractivity contribution is 5.60. The average Bonchev–Trinajstić information content (AvgIpc) is 2.72. The van der Waals surface area contributed by atoms with E-state index >= 15 is 0 Å². The molecule has 2 aromatic carbocycles. The molecule has 1 heterocycles. The van der Waals surface area contributed by atoms with Crippen LogP contribution in [0.5, 0.6) is 11.5 Å². The van der Waals surface area contributed by atoms with Gasteiger partial charge < -0.3 is 14.8 Å². The molecule has 1 N–H and O–H groups in total. The lowest BCUT2D eigenvalue weighted by molar-refractivity contribution is 0.413. The van der Waals surface area contributed by atoms with Crippen molar-refractivity contribution in [3.63, 3.8) is 0 Å². The van der Waals surface area contributed by atoms with E-state index < -0.39 is 0 Å². The summed E-state index contributed by atoms with van der Waals surface area (Å²) in [6, 6.07) is 20.5. The number of pyridine rings is 1. The Bertz CT molecular complexity index is 847. The number of benzene rings is 2. The Labute approximate surface area is 154 Å². The molecule has 0 amide bonds. The van der Waals surface area contributed by atoms with E-state index in [2.05, 4.69) is 35.4 Å². The van der Waals surface area contributed by atoms with Crippen molar-refractivity contribution in [2.45, 2.75) is 19.5 Å². The third-order valence-corrected chi connectivity index (χ3v) is 4.42. The summed E-state index contributed by atoms with van der Waals surface area (Å²) < 4.78 is 10.5. The third kappa shape index (κ3) is 4.41. The van der Waals surface area contributed by atoms with Gasteiger partial charge in [-0.1, -0.05) is 12.1 Å². The van der Waals surface area contributed by atoms with Crippen LogP contribution in [0.2, 0.25) is 0 Å². The maximum absolute atomic E-state index is 5.30. The molecule has 134 valence electrons. The van der Waals surface area contributed by atoms with Gasteiger partial charge in [0.1, 0.15) is 11.5 Å². The van der Waals surface area contributed by atoms with Crippen LogP contribution in [0, 0.1) is 0 Å². The van der Waals surface area contributed by atoms with Crippen LogP contribution in [0.25, 0.3) is 11.3 Å². The van der Waals surface area contributed by atoms with Crippen LogP contribution in [0.3, 0.4) is 0 Å². The molecule has 4 nitrogen and oxygen atoms in total. The molecule has 0 saturated heterocycles. The Balaban J connectivity index is 1.68. The fourth-order valence-electron chi connectivity index (χ4n) is 2.80. The number of hydrogen-bond acceptors (Lipinski definition) is 4. The topological polar surface area (TPSA) is 43.4 Å². The summed E-state index contributed by atoms with van der Waals surface area (Å²) in [7, 11) is 3.36. The molecule has 0 spiro atoms. The molecule has 0 aliphatic rings. The molecule has 0 aliphatic carbocycles. The fraction of sp³-hybridized carbons (Fsp3) is 0.227. The maximum Gasteiger partial charge on any atom is 0.119 e. The van der Waals surface area contributed by atoms with Crippen molar-refractivity contribution in [2.24, 2.45) is 0 Å². The van der Waals surface area contributed by atoms with Crippen LogP contribution in [0.15, 0.2) is 66.9 Å². The molecule has 1 atom stereocenters. The van der Waals surface area contributed by atoms with Gasteiger partial charge in [0.15, 0.2) is 0 Å². The predicted octanol–water partition coefficient (Wildman–Crippen LogP) is 4.62. The molecule has 26 heavy (non-hydrogen) atoms. The second-order valence-corrected chi connectivity index (χ2v) is 6.16. The smallest absolute Gasteiger partial charge is 0.119 e. The van der Waals surface area contributed by atoms with Gasteiger partial charge in [-0.05, 0) is 66.6 Å². The van der Waals surface area contributed by atoms with Crippen molar-refractivity contribution in [2.75, 3.05) is 14.2 Å². The van der Waals surface area contributed by atoms with Crippen LogP contribution < -0.4 is 14.8 Å². The van der Waals surface area contributed by atoms with E-state index in [4.69, 9.17) is 9.47 Å². The maximum atomic E-state index is 5.30. The van der Waals surface area contributed by atoms with Gasteiger partial charge in [-0.25, -0.2) is 0 Å². The lowest BCUT2D eigenvalue weighted by atomic mass is 10.1. The molecule has 0 aliphatic heterocycles. The average molecular weight is 348 g/mol. The van der Waals surface area contributed by atoms with Gasteiger partial charge in [0.05, 0.1) is 19.9 Å². The Morgan fingerprint density at radius 1 is 0.923 bits per heavy atom. The summed E-state index contributed by atoms with van der Waals surface area (Å²) in [4.78, 5) is 4.49. The molecule has 4 heteroatoms. The van der Waals surface area contributed by atoms with Gasteiger partial charge in [-0.15, -0.1) is 0 Å². The van der Waals surface area contributed by atoms with Gasteiger partial charge in [-0.2, -0.15) is 0 Å². The van der Waals surface area contributed by atoms with Gasteiger partial charge in [-0.3, -0.25) is 4.98 Å². The molecule has 0 saturated carbocycles. The first-order chi connectivity index (χ1) is 12.7. The van der Waals surface area contributed by atoms with Crippen molar-refractivity contribution in [1.82, 2.24) is 10.3 Å². The minimum absolute atomic E-state index is 0.225. The van der Waals surface area contributed by atoms with Crippen molar-refractivity contribution in [3.8, 4) is 22.8 Å². The quantitative estimate of drug-likeness (QED) is 0.677. The van der Waals surface area contributed by atoms with E-state index in [1.54, 1.807) is 14.2 Å². The first kappa shape index (κ1) is 18.0. The van der Waals surface area contributed by atoms with Crippen LogP contribution in [0.4, 0.5) is 0 Å². The van der Waals surface area contributed by atoms with E-state index in [1.165, 1.54) is 11.1 Å². The number of methoxy groups -OCH3 is 2. The van der Waals surface area contributed by atoms with Crippen LogP contribution >= 0.6 is 0 Å². The zero-order valence-electron chi connectivity index (χ0n) is 15.4. The zero-order chi connectivity index (χ0) is 18.4. The minimum atomic E-state index is 0.225. The number of nitrogens with one attached hydrogen (secondary N) is 1. The molecule has 3 rings (SSSR count). The number of rotatable bonds is 7. The van der Waals surface area contributed by atoms with Crippen LogP contribution in [-0.4, -0.2) is 19.2 Å². The Kier molecular flexibility index (Phi) is 5.87. The molecule has 3 aromatic rings. The molecular formula is C22H24N2O2. The van der Waals surface area contributed by atoms with Crippen molar-refractivity contribution in [1.29, 1.82) is 0 Å². The van der Waals surface area contributed by atoms with Gasteiger partial charge in [0, 0.05) is 24.3 Å². The number of nitrogens with zero attached hydrogens (tertiary/aromatic N) is 1. The second-order valence-electron chi connectivity index (χ2n) is 6.16. The van der Waals surface area contributed by atoms with E-state index in [0.29, 0.717) is 0 Å². The lowest BCUT2D eigenvalue weighted by Crippen LogP contribution is -2.18. The van der Waals surface area contributed by atoms with E-state index in [1.807, 2.05) is 48.7 Å². The summed E-state index contributed by atoms with van der Waals surface area (Å²) in [6.45, 7) is 2.92. The van der Waals surface area contributed by atoms with E-state index in [-0.39, 0.29) is 6.04 Å². The molecule has 0 bridgehead atoms. The van der Waals surface area contributed by atoms with Crippen LogP contribution in [-0.2, 0) is 6.54 Å². The molecule has 0 radical (unpaired) electrons. The minimum Gasteiger partial charge on any atom is -0.497 e. The predicted molar refractivity (Wildman–Crippen MR) is 104 cm³/mol. The first-order valence-corrected chi connectivity index (χ1v) is 8.66. The van der Waals surface area contributed by atoms with Crippen molar-refractivity contribution < 1.29 is 9.47 Å². The standard InChI is InChI=1S/C22H24N2O2/c1-16(19-5-4-6-21(14-19)26-3)24-15-17-11-12-23-22(13-17)18-7-9-20(25-2)10-8-18/h4-14,16,24H,15H2,1-3H3. The first-order valence-electron chi connectivity index (χ1n) is 8.66. The van der Waals surface area contributed by atoms with E-state index in [9.17, 15) is 0 Å². The second kappa shape index (κ2) is 8.50. The normalized spacial score (nSPS) is 11.8. The number of ether oxygens (including phenoxy) is 2. The summed E-state index contributed by atoms with van der Waals surface area (Å²) >= 11 is 0.